The van der Waals surface area contributed by atoms with Crippen LogP contribution in [-0.2, 0) is 0 Å². The van der Waals surface area contributed by atoms with Gasteiger partial charge < -0.3 is 9.30 Å². The number of imidazole rings is 1. The standard InChI is InChI=1S/C10H10N3O/c1-8-6-13(7-12-8)9-4-3-5-11-10(9)14-2/h3-4,6-7H,1-2H3. The van der Waals surface area contributed by atoms with Gasteiger partial charge in [-0.2, -0.15) is 0 Å². The molecule has 0 unspecified atom stereocenters. The summed E-state index contributed by atoms with van der Waals surface area (Å²) in [6.07, 6.45) is 6.37. The number of hydrogen-bond donors (Lipinski definition) is 0. The van der Waals surface area contributed by atoms with E-state index in [1.165, 1.54) is 0 Å². The molecule has 0 amide bonds. The summed E-state index contributed by atoms with van der Waals surface area (Å²) in [5, 5.41) is 0. The van der Waals surface area contributed by atoms with Gasteiger partial charge in [0.05, 0.1) is 25.3 Å². The summed E-state index contributed by atoms with van der Waals surface area (Å²) < 4.78 is 6.99. The molecule has 2 heterocycles. The Morgan fingerprint density at radius 2 is 2.36 bits per heavy atom. The van der Waals surface area contributed by atoms with E-state index in [0.717, 1.165) is 11.4 Å². The second-order valence-electron chi connectivity index (χ2n) is 2.89. The fourth-order valence-electron chi connectivity index (χ4n) is 1.24. The highest BCUT2D eigenvalue weighted by Crippen LogP contribution is 2.18. The summed E-state index contributed by atoms with van der Waals surface area (Å²) in [7, 11) is 1.59. The first-order chi connectivity index (χ1) is 6.81. The third-order valence-corrected chi connectivity index (χ3v) is 1.88. The van der Waals surface area contributed by atoms with E-state index in [1.54, 1.807) is 19.5 Å². The molecule has 0 fully saturated rings. The van der Waals surface area contributed by atoms with Crippen molar-refractivity contribution < 1.29 is 4.74 Å². The van der Waals surface area contributed by atoms with Gasteiger partial charge in [-0.05, 0) is 19.1 Å². The van der Waals surface area contributed by atoms with Gasteiger partial charge in [-0.15, -0.1) is 0 Å². The van der Waals surface area contributed by atoms with Gasteiger partial charge in [0, 0.05) is 6.20 Å². The molecule has 0 aromatic carbocycles. The second kappa shape index (κ2) is 3.49. The number of rotatable bonds is 2. The van der Waals surface area contributed by atoms with Crippen LogP contribution in [0.1, 0.15) is 5.69 Å². The number of aryl methyl sites for hydroxylation is 1. The Balaban J connectivity index is 2.50. The molecule has 2 aromatic heterocycles. The van der Waals surface area contributed by atoms with Gasteiger partial charge in [-0.1, -0.05) is 0 Å². The van der Waals surface area contributed by atoms with Gasteiger partial charge in [0.25, 0.3) is 0 Å². The maximum Gasteiger partial charge on any atom is 0.238 e. The number of ether oxygens (including phenoxy) is 1. The molecule has 0 aliphatic rings. The van der Waals surface area contributed by atoms with Crippen molar-refractivity contribution in [3.63, 3.8) is 0 Å². The van der Waals surface area contributed by atoms with Gasteiger partial charge in [0.2, 0.25) is 5.88 Å². The summed E-state index contributed by atoms with van der Waals surface area (Å²) in [4.78, 5) is 8.12. The zero-order valence-corrected chi connectivity index (χ0v) is 8.06. The summed E-state index contributed by atoms with van der Waals surface area (Å²) >= 11 is 0. The van der Waals surface area contributed by atoms with Gasteiger partial charge in [-0.25, -0.2) is 9.97 Å². The van der Waals surface area contributed by atoms with Crippen LogP contribution in [-0.4, -0.2) is 21.6 Å². The largest absolute Gasteiger partial charge is 0.479 e. The van der Waals surface area contributed by atoms with Crippen LogP contribution in [0.3, 0.4) is 0 Å². The van der Waals surface area contributed by atoms with Crippen molar-refractivity contribution in [3.8, 4) is 11.6 Å². The van der Waals surface area contributed by atoms with Crippen LogP contribution in [0, 0.1) is 13.1 Å². The molecule has 0 aliphatic heterocycles. The van der Waals surface area contributed by atoms with E-state index in [4.69, 9.17) is 4.74 Å². The van der Waals surface area contributed by atoms with Gasteiger partial charge in [0.1, 0.15) is 5.69 Å². The molecule has 0 N–H and O–H groups in total. The Labute approximate surface area is 82.2 Å². The molecule has 0 saturated carbocycles. The van der Waals surface area contributed by atoms with E-state index < -0.39 is 0 Å². The molecule has 2 aromatic rings. The lowest BCUT2D eigenvalue weighted by Gasteiger charge is -2.05. The number of aromatic nitrogens is 3. The van der Waals surface area contributed by atoms with Crippen molar-refractivity contribution in [1.82, 2.24) is 14.5 Å². The summed E-state index contributed by atoms with van der Waals surface area (Å²) in [6, 6.07) is 3.63. The van der Waals surface area contributed by atoms with E-state index in [0.29, 0.717) is 5.88 Å². The van der Waals surface area contributed by atoms with Crippen LogP contribution in [0.2, 0.25) is 0 Å². The Kier molecular flexibility index (Phi) is 2.18. The minimum absolute atomic E-state index is 0.546. The molecule has 4 heteroatoms. The van der Waals surface area contributed by atoms with Gasteiger partial charge in [-0.3, -0.25) is 0 Å². The smallest absolute Gasteiger partial charge is 0.238 e. The predicted molar refractivity (Wildman–Crippen MR) is 51.5 cm³/mol. The Bertz CT molecular complexity index is 436. The fourth-order valence-corrected chi connectivity index (χ4v) is 1.24. The zero-order chi connectivity index (χ0) is 9.97. The van der Waals surface area contributed by atoms with Crippen molar-refractivity contribution in [1.29, 1.82) is 0 Å². The number of hydrogen-bond acceptors (Lipinski definition) is 3. The van der Waals surface area contributed by atoms with Crippen molar-refractivity contribution in [3.05, 3.63) is 36.5 Å². The highest BCUT2D eigenvalue weighted by molar-refractivity contribution is 5.41. The van der Waals surface area contributed by atoms with Crippen LogP contribution < -0.4 is 4.74 Å². The first kappa shape index (κ1) is 8.74. The van der Waals surface area contributed by atoms with Crippen LogP contribution in [0.4, 0.5) is 0 Å². The molecule has 1 radical (unpaired) electrons. The Hall–Kier alpha value is -1.84. The minimum Gasteiger partial charge on any atom is -0.479 e. The van der Waals surface area contributed by atoms with Crippen LogP contribution in [0.15, 0.2) is 24.7 Å². The van der Waals surface area contributed by atoms with Crippen molar-refractivity contribution in [2.24, 2.45) is 0 Å². The Morgan fingerprint density at radius 3 is 3.00 bits per heavy atom. The molecular weight excluding hydrogens is 178 g/mol. The van der Waals surface area contributed by atoms with Crippen LogP contribution >= 0.6 is 0 Å². The molecule has 0 spiro atoms. The van der Waals surface area contributed by atoms with Crippen molar-refractivity contribution in [2.75, 3.05) is 7.11 Å². The second-order valence-corrected chi connectivity index (χ2v) is 2.89. The third kappa shape index (κ3) is 1.46. The number of pyridine rings is 1. The molecule has 0 atom stereocenters. The molecule has 71 valence electrons. The monoisotopic (exact) mass is 188 g/mol. The van der Waals surface area contributed by atoms with E-state index in [2.05, 4.69) is 16.2 Å². The quantitative estimate of drug-likeness (QED) is 0.714. The van der Waals surface area contributed by atoms with Crippen molar-refractivity contribution >= 4 is 0 Å². The molecule has 14 heavy (non-hydrogen) atoms. The van der Waals surface area contributed by atoms with Gasteiger partial charge >= 0.3 is 0 Å². The van der Waals surface area contributed by atoms with E-state index in [9.17, 15) is 0 Å². The van der Waals surface area contributed by atoms with Gasteiger partial charge in [0.15, 0.2) is 0 Å². The van der Waals surface area contributed by atoms with Crippen LogP contribution in [0.25, 0.3) is 5.69 Å². The summed E-state index contributed by atoms with van der Waals surface area (Å²) in [6.45, 7) is 1.94. The highest BCUT2D eigenvalue weighted by Gasteiger charge is 2.05. The average molecular weight is 188 g/mol. The molecular formula is C10H10N3O. The Morgan fingerprint density at radius 1 is 1.50 bits per heavy atom. The molecule has 4 nitrogen and oxygen atoms in total. The van der Waals surface area contributed by atoms with Crippen LogP contribution in [0.5, 0.6) is 5.88 Å². The van der Waals surface area contributed by atoms with E-state index in [1.807, 2.05) is 23.8 Å². The summed E-state index contributed by atoms with van der Waals surface area (Å²) in [5.41, 5.74) is 1.83. The zero-order valence-electron chi connectivity index (χ0n) is 8.06. The maximum absolute atomic E-state index is 5.12. The fraction of sp³-hybridized carbons (Fsp3) is 0.200. The third-order valence-electron chi connectivity index (χ3n) is 1.88. The van der Waals surface area contributed by atoms with E-state index >= 15 is 0 Å². The molecule has 2 rings (SSSR count). The molecule has 0 saturated heterocycles. The SMILES string of the molecule is COc1n[c]ccc1-n1cnc(C)c1. The topological polar surface area (TPSA) is 39.9 Å². The lowest BCUT2D eigenvalue weighted by atomic mass is 10.4. The van der Waals surface area contributed by atoms with Crippen molar-refractivity contribution in [2.45, 2.75) is 6.92 Å². The maximum atomic E-state index is 5.12. The number of nitrogens with zero attached hydrogens (tertiary/aromatic N) is 3. The first-order valence-corrected chi connectivity index (χ1v) is 4.23. The number of methoxy groups -OCH3 is 1. The molecule has 0 bridgehead atoms. The first-order valence-electron chi connectivity index (χ1n) is 4.23. The molecule has 0 aliphatic carbocycles. The lowest BCUT2D eigenvalue weighted by molar-refractivity contribution is 0.395. The normalized spacial score (nSPS) is 10.1. The minimum atomic E-state index is 0.546. The van der Waals surface area contributed by atoms with E-state index in [-0.39, 0.29) is 0 Å². The lowest BCUT2D eigenvalue weighted by Crippen LogP contribution is -1.97. The average Bonchev–Trinajstić information content (AvgIpc) is 2.65. The summed E-state index contributed by atoms with van der Waals surface area (Å²) in [5.74, 6) is 0.546. The predicted octanol–water partition coefficient (Wildman–Crippen LogP) is 1.38. The highest BCUT2D eigenvalue weighted by atomic mass is 16.5.